The monoisotopic (exact) mass is 193 g/mol. The molecule has 1 rings (SSSR count). The Balaban J connectivity index is 0.000001000. The molecule has 0 aromatic carbocycles. The molecule has 1 aromatic rings. The van der Waals surface area contributed by atoms with Crippen LogP contribution >= 0.6 is 24.0 Å². The first-order chi connectivity index (χ1) is 4.63. The molecule has 0 saturated carbocycles. The van der Waals surface area contributed by atoms with Crippen LogP contribution in [0.5, 0.6) is 5.75 Å². The molecule has 0 radical (unpaired) electrons. The third-order valence-corrected chi connectivity index (χ3v) is 1.81. The Kier molecular flexibility index (Phi) is 3.63. The Bertz CT molecular complexity index is 236. The lowest BCUT2D eigenvalue weighted by Crippen LogP contribution is -1.85. The molecule has 1 heterocycles. The van der Waals surface area contributed by atoms with Crippen molar-refractivity contribution in [3.05, 3.63) is 22.5 Å². The smallest absolute Gasteiger partial charge is 0.141 e. The molecule has 0 saturated heterocycles. The fraction of sp³-hybridized carbons (Fsp3) is 0.286. The summed E-state index contributed by atoms with van der Waals surface area (Å²) < 4.78 is 0. The minimum atomic E-state index is 0. The Morgan fingerprint density at radius 2 is 2.00 bits per heavy atom. The van der Waals surface area contributed by atoms with E-state index in [1.807, 2.05) is 0 Å². The van der Waals surface area contributed by atoms with E-state index >= 15 is 0 Å². The highest BCUT2D eigenvalue weighted by molar-refractivity contribution is 6.31. The second-order valence-electron chi connectivity index (χ2n) is 2.17. The van der Waals surface area contributed by atoms with Gasteiger partial charge in [-0.05, 0) is 13.8 Å². The van der Waals surface area contributed by atoms with Crippen LogP contribution in [0.15, 0.2) is 6.20 Å². The van der Waals surface area contributed by atoms with Crippen LogP contribution in [-0.4, -0.2) is 10.1 Å². The maximum Gasteiger partial charge on any atom is 0.141 e. The van der Waals surface area contributed by atoms with Crippen molar-refractivity contribution < 1.29 is 5.11 Å². The van der Waals surface area contributed by atoms with E-state index in [2.05, 4.69) is 4.98 Å². The summed E-state index contributed by atoms with van der Waals surface area (Å²) in [6.07, 6.45) is 1.53. The molecule has 0 aliphatic heterocycles. The number of nitrogens with zero attached hydrogens (tertiary/aromatic N) is 1. The van der Waals surface area contributed by atoms with Gasteiger partial charge >= 0.3 is 0 Å². The first-order valence-electron chi connectivity index (χ1n) is 2.93. The Hall–Kier alpha value is -0.470. The standard InChI is InChI=1S/C7H8ClNO.ClH/c1-4-6(8)3-9-5(2)7(4)10;/h3,10H,1-2H3;1H. The third-order valence-electron chi connectivity index (χ3n) is 1.43. The molecule has 2 nitrogen and oxygen atoms in total. The number of aryl methyl sites for hydroxylation is 1. The van der Waals surface area contributed by atoms with Crippen LogP contribution in [0.3, 0.4) is 0 Å². The van der Waals surface area contributed by atoms with Gasteiger partial charge in [-0.2, -0.15) is 0 Å². The van der Waals surface area contributed by atoms with Crippen LogP contribution in [0.4, 0.5) is 0 Å². The number of aromatic hydroxyl groups is 1. The molecule has 62 valence electrons. The fourth-order valence-electron chi connectivity index (χ4n) is 0.696. The Labute approximate surface area is 76.6 Å². The fourth-order valence-corrected chi connectivity index (χ4v) is 0.834. The van der Waals surface area contributed by atoms with E-state index in [0.717, 1.165) is 0 Å². The van der Waals surface area contributed by atoms with E-state index in [0.29, 0.717) is 16.3 Å². The molecule has 4 heteroatoms. The summed E-state index contributed by atoms with van der Waals surface area (Å²) in [6.45, 7) is 3.49. The van der Waals surface area contributed by atoms with Gasteiger partial charge in [0, 0.05) is 11.8 Å². The van der Waals surface area contributed by atoms with Gasteiger partial charge in [-0.25, -0.2) is 0 Å². The maximum atomic E-state index is 9.24. The van der Waals surface area contributed by atoms with Crippen molar-refractivity contribution >= 4 is 24.0 Å². The normalized spacial score (nSPS) is 9.00. The molecule has 1 N–H and O–H groups in total. The molecule has 0 aliphatic carbocycles. The summed E-state index contributed by atoms with van der Waals surface area (Å²) in [7, 11) is 0. The van der Waals surface area contributed by atoms with Crippen LogP contribution in [0.25, 0.3) is 0 Å². The van der Waals surface area contributed by atoms with Crippen molar-refractivity contribution in [1.82, 2.24) is 4.98 Å². The molecular weight excluding hydrogens is 185 g/mol. The zero-order valence-corrected chi connectivity index (χ0v) is 7.83. The molecular formula is C7H9Cl2NO. The summed E-state index contributed by atoms with van der Waals surface area (Å²) in [6, 6.07) is 0. The molecule has 0 spiro atoms. The lowest BCUT2D eigenvalue weighted by Gasteiger charge is -2.01. The van der Waals surface area contributed by atoms with Crippen LogP contribution in [-0.2, 0) is 0 Å². The third kappa shape index (κ3) is 1.98. The van der Waals surface area contributed by atoms with E-state index in [1.54, 1.807) is 13.8 Å². The largest absolute Gasteiger partial charge is 0.506 e. The van der Waals surface area contributed by atoms with Gasteiger partial charge in [0.2, 0.25) is 0 Å². The lowest BCUT2D eigenvalue weighted by atomic mass is 10.2. The zero-order valence-electron chi connectivity index (χ0n) is 6.26. The Morgan fingerprint density at radius 1 is 1.45 bits per heavy atom. The van der Waals surface area contributed by atoms with Crippen LogP contribution in [0.1, 0.15) is 11.3 Å². The van der Waals surface area contributed by atoms with Crippen LogP contribution < -0.4 is 0 Å². The first-order valence-corrected chi connectivity index (χ1v) is 3.31. The van der Waals surface area contributed by atoms with Crippen molar-refractivity contribution in [3.63, 3.8) is 0 Å². The molecule has 0 aliphatic rings. The predicted octanol–water partition coefficient (Wildman–Crippen LogP) is 2.48. The van der Waals surface area contributed by atoms with Crippen molar-refractivity contribution in [1.29, 1.82) is 0 Å². The van der Waals surface area contributed by atoms with Gasteiger partial charge < -0.3 is 5.11 Å². The molecule has 11 heavy (non-hydrogen) atoms. The van der Waals surface area contributed by atoms with Gasteiger partial charge in [0.25, 0.3) is 0 Å². The summed E-state index contributed by atoms with van der Waals surface area (Å²) in [5.41, 5.74) is 1.30. The number of aromatic nitrogens is 1. The summed E-state index contributed by atoms with van der Waals surface area (Å²) >= 11 is 5.66. The number of hydrogen-bond donors (Lipinski definition) is 1. The highest BCUT2D eigenvalue weighted by Gasteiger charge is 2.03. The van der Waals surface area contributed by atoms with Crippen molar-refractivity contribution in [3.8, 4) is 5.75 Å². The van der Waals surface area contributed by atoms with Gasteiger partial charge in [-0.3, -0.25) is 4.98 Å². The van der Waals surface area contributed by atoms with Crippen molar-refractivity contribution in [2.45, 2.75) is 13.8 Å². The van der Waals surface area contributed by atoms with Crippen LogP contribution in [0.2, 0.25) is 5.02 Å². The molecule has 0 bridgehead atoms. The maximum absolute atomic E-state index is 9.24. The SMILES string of the molecule is Cc1ncc(Cl)c(C)c1O.Cl. The second-order valence-corrected chi connectivity index (χ2v) is 2.57. The highest BCUT2D eigenvalue weighted by atomic mass is 35.5. The molecule has 0 unspecified atom stereocenters. The first kappa shape index (κ1) is 10.5. The molecule has 0 amide bonds. The quantitative estimate of drug-likeness (QED) is 0.688. The van der Waals surface area contributed by atoms with Gasteiger partial charge in [0.05, 0.1) is 10.7 Å². The highest BCUT2D eigenvalue weighted by Crippen LogP contribution is 2.25. The topological polar surface area (TPSA) is 33.1 Å². The minimum Gasteiger partial charge on any atom is -0.506 e. The van der Waals surface area contributed by atoms with Gasteiger partial charge in [-0.1, -0.05) is 11.6 Å². The van der Waals surface area contributed by atoms with E-state index < -0.39 is 0 Å². The van der Waals surface area contributed by atoms with E-state index in [-0.39, 0.29) is 18.2 Å². The van der Waals surface area contributed by atoms with Crippen LogP contribution in [0, 0.1) is 13.8 Å². The number of hydrogen-bond acceptors (Lipinski definition) is 2. The number of pyridine rings is 1. The average Bonchev–Trinajstić information content (AvgIpc) is 1.93. The Morgan fingerprint density at radius 3 is 2.45 bits per heavy atom. The molecule has 1 aromatic heterocycles. The number of rotatable bonds is 0. The lowest BCUT2D eigenvalue weighted by molar-refractivity contribution is 0.463. The summed E-state index contributed by atoms with van der Waals surface area (Å²) in [4.78, 5) is 3.86. The summed E-state index contributed by atoms with van der Waals surface area (Å²) in [5.74, 6) is 0.188. The van der Waals surface area contributed by atoms with E-state index in [9.17, 15) is 5.11 Å². The molecule has 0 fully saturated rings. The number of halogens is 2. The minimum absolute atomic E-state index is 0. The zero-order chi connectivity index (χ0) is 7.72. The van der Waals surface area contributed by atoms with Gasteiger partial charge in [0.1, 0.15) is 5.75 Å². The predicted molar refractivity (Wildman–Crippen MR) is 47.6 cm³/mol. The van der Waals surface area contributed by atoms with E-state index in [1.165, 1.54) is 6.20 Å². The van der Waals surface area contributed by atoms with Gasteiger partial charge in [-0.15, -0.1) is 12.4 Å². The van der Waals surface area contributed by atoms with Gasteiger partial charge in [0.15, 0.2) is 0 Å². The summed E-state index contributed by atoms with van der Waals surface area (Å²) in [5, 5.41) is 9.74. The van der Waals surface area contributed by atoms with E-state index in [4.69, 9.17) is 11.6 Å². The second kappa shape index (κ2) is 3.79. The molecule has 0 atom stereocenters. The van der Waals surface area contributed by atoms with Crippen molar-refractivity contribution in [2.75, 3.05) is 0 Å². The average molecular weight is 194 g/mol. The van der Waals surface area contributed by atoms with Crippen molar-refractivity contribution in [2.24, 2.45) is 0 Å².